The van der Waals surface area contributed by atoms with Crippen molar-refractivity contribution in [3.8, 4) is 0 Å². The molecule has 0 atom stereocenters. The molecule has 32 heavy (non-hydrogen) atoms. The number of esters is 1. The summed E-state index contributed by atoms with van der Waals surface area (Å²) in [6, 6.07) is 12.6. The van der Waals surface area contributed by atoms with Gasteiger partial charge < -0.3 is 15.4 Å². The van der Waals surface area contributed by atoms with Gasteiger partial charge in [0.15, 0.2) is 6.61 Å². The number of sulfonamides is 1. The van der Waals surface area contributed by atoms with Crippen LogP contribution in [-0.4, -0.2) is 51.2 Å². The van der Waals surface area contributed by atoms with Crippen molar-refractivity contribution in [3.05, 3.63) is 64.8 Å². The molecule has 2 amide bonds. The van der Waals surface area contributed by atoms with E-state index in [-0.39, 0.29) is 21.3 Å². The summed E-state index contributed by atoms with van der Waals surface area (Å²) in [7, 11) is -0.995. The molecule has 0 aromatic heterocycles. The first-order valence-electron chi connectivity index (χ1n) is 9.24. The van der Waals surface area contributed by atoms with Crippen LogP contribution in [0.5, 0.6) is 0 Å². The predicted octanol–water partition coefficient (Wildman–Crippen LogP) is 2.25. The monoisotopic (exact) mass is 479 g/mol. The fourth-order valence-electron chi connectivity index (χ4n) is 2.42. The molecule has 0 aliphatic rings. The number of rotatable bonds is 8. The van der Waals surface area contributed by atoms with Gasteiger partial charge in [-0.15, -0.1) is 0 Å². The Kier molecular flexibility index (Phi) is 8.53. The van der Waals surface area contributed by atoms with E-state index in [1.807, 2.05) is 0 Å². The van der Waals surface area contributed by atoms with E-state index in [0.717, 1.165) is 4.31 Å². The lowest BCUT2D eigenvalue weighted by Gasteiger charge is -2.14. The molecule has 0 radical (unpaired) electrons. The highest BCUT2D eigenvalue weighted by atomic mass is 35.5. The molecular weight excluding hydrogens is 458 g/mol. The second-order valence-corrected chi connectivity index (χ2v) is 9.26. The number of ether oxygens (including phenoxy) is 1. The van der Waals surface area contributed by atoms with Crippen molar-refractivity contribution in [3.63, 3.8) is 0 Å². The number of benzene rings is 2. The quantitative estimate of drug-likeness (QED) is 0.442. The van der Waals surface area contributed by atoms with Crippen LogP contribution in [0, 0.1) is 0 Å². The Balaban J connectivity index is 2.10. The van der Waals surface area contributed by atoms with E-state index in [9.17, 15) is 22.8 Å². The molecule has 9 nitrogen and oxygen atoms in total. The van der Waals surface area contributed by atoms with Crippen LogP contribution < -0.4 is 10.6 Å². The molecule has 0 fully saturated rings. The number of anilines is 1. The molecule has 0 aliphatic heterocycles. The Morgan fingerprint density at radius 2 is 1.75 bits per heavy atom. The van der Waals surface area contributed by atoms with Crippen LogP contribution >= 0.6 is 11.6 Å². The second kappa shape index (κ2) is 10.9. The Hall–Kier alpha value is -3.21. The van der Waals surface area contributed by atoms with Gasteiger partial charge in [-0.25, -0.2) is 17.5 Å². The maximum absolute atomic E-state index is 12.4. The molecule has 0 bridgehead atoms. The Bertz CT molecular complexity index is 1150. The van der Waals surface area contributed by atoms with Gasteiger partial charge in [0.1, 0.15) is 5.70 Å². The lowest BCUT2D eigenvalue weighted by atomic mass is 10.2. The van der Waals surface area contributed by atoms with E-state index in [1.54, 1.807) is 30.3 Å². The highest BCUT2D eigenvalue weighted by molar-refractivity contribution is 7.89. The van der Waals surface area contributed by atoms with Gasteiger partial charge in [0, 0.05) is 21.0 Å². The number of carbonyl (C=O) groups is 3. The molecular formula is C21H22ClN3O6S. The third-order valence-corrected chi connectivity index (χ3v) is 6.11. The van der Waals surface area contributed by atoms with E-state index in [1.165, 1.54) is 45.3 Å². The smallest absolute Gasteiger partial charge is 0.355 e. The highest BCUT2D eigenvalue weighted by Gasteiger charge is 2.20. The third kappa shape index (κ3) is 6.91. The average Bonchev–Trinajstić information content (AvgIpc) is 2.73. The van der Waals surface area contributed by atoms with E-state index in [0.29, 0.717) is 5.56 Å². The van der Waals surface area contributed by atoms with Crippen molar-refractivity contribution in [1.82, 2.24) is 9.62 Å². The topological polar surface area (TPSA) is 122 Å². The van der Waals surface area contributed by atoms with E-state index < -0.39 is 34.4 Å². The number of nitrogens with one attached hydrogen (secondary N) is 2. The largest absolute Gasteiger partial charge is 0.451 e. The molecule has 0 unspecified atom stereocenters. The zero-order chi connectivity index (χ0) is 23.9. The molecule has 2 N–H and O–H groups in total. The van der Waals surface area contributed by atoms with Crippen LogP contribution in [0.15, 0.2) is 59.1 Å². The molecule has 0 aliphatic carbocycles. The predicted molar refractivity (Wildman–Crippen MR) is 120 cm³/mol. The summed E-state index contributed by atoms with van der Waals surface area (Å²) in [6.45, 7) is 0.543. The number of nitrogens with zero attached hydrogens (tertiary/aromatic N) is 1. The molecule has 0 saturated heterocycles. The normalized spacial score (nSPS) is 11.7. The molecule has 2 aromatic rings. The highest BCUT2D eigenvalue weighted by Crippen LogP contribution is 2.26. The van der Waals surface area contributed by atoms with Crippen molar-refractivity contribution < 1.29 is 27.5 Å². The molecule has 0 spiro atoms. The van der Waals surface area contributed by atoms with Gasteiger partial charge in [-0.2, -0.15) is 0 Å². The van der Waals surface area contributed by atoms with Crippen LogP contribution in [0.3, 0.4) is 0 Å². The minimum Gasteiger partial charge on any atom is -0.451 e. The number of amides is 2. The third-order valence-electron chi connectivity index (χ3n) is 3.97. The lowest BCUT2D eigenvalue weighted by Crippen LogP contribution is -2.29. The van der Waals surface area contributed by atoms with Gasteiger partial charge in [0.2, 0.25) is 15.9 Å². The van der Waals surface area contributed by atoms with Crippen LogP contribution in [0.4, 0.5) is 5.69 Å². The maximum Gasteiger partial charge on any atom is 0.355 e. The van der Waals surface area contributed by atoms with Crippen molar-refractivity contribution in [2.45, 2.75) is 11.8 Å². The molecule has 2 rings (SSSR count). The summed E-state index contributed by atoms with van der Waals surface area (Å²) in [6.07, 6.45) is 1.41. The van der Waals surface area contributed by atoms with Crippen LogP contribution in [0.2, 0.25) is 5.02 Å². The van der Waals surface area contributed by atoms with Crippen molar-refractivity contribution in [2.24, 2.45) is 0 Å². The first kappa shape index (κ1) is 25.1. The Morgan fingerprint density at radius 1 is 1.09 bits per heavy atom. The average molecular weight is 480 g/mol. The number of halogens is 1. The minimum absolute atomic E-state index is 0.0394. The zero-order valence-corrected chi connectivity index (χ0v) is 19.2. The minimum atomic E-state index is -3.74. The SMILES string of the molecule is CC(=O)N/C(=C/c1ccccc1)C(=O)OCC(=O)Nc1cc(S(=O)(=O)N(C)C)ccc1Cl. The van der Waals surface area contributed by atoms with Gasteiger partial charge in [0.05, 0.1) is 15.6 Å². The van der Waals surface area contributed by atoms with Gasteiger partial charge in [-0.05, 0) is 29.8 Å². The lowest BCUT2D eigenvalue weighted by molar-refractivity contribution is -0.144. The Labute approximate surface area is 191 Å². The number of hydrogen-bond donors (Lipinski definition) is 2. The Morgan fingerprint density at radius 3 is 2.34 bits per heavy atom. The maximum atomic E-state index is 12.4. The fourth-order valence-corrected chi connectivity index (χ4v) is 3.51. The fraction of sp³-hybridized carbons (Fsp3) is 0.190. The van der Waals surface area contributed by atoms with Gasteiger partial charge in [0.25, 0.3) is 5.91 Å². The first-order valence-corrected chi connectivity index (χ1v) is 11.1. The van der Waals surface area contributed by atoms with Gasteiger partial charge in [-0.3, -0.25) is 9.59 Å². The molecule has 0 heterocycles. The molecule has 170 valence electrons. The summed E-state index contributed by atoms with van der Waals surface area (Å²) in [5.41, 5.74) is 0.537. The van der Waals surface area contributed by atoms with Crippen molar-refractivity contribution in [2.75, 3.05) is 26.0 Å². The van der Waals surface area contributed by atoms with Gasteiger partial charge in [-0.1, -0.05) is 41.9 Å². The molecule has 11 heteroatoms. The van der Waals surface area contributed by atoms with Crippen LogP contribution in [-0.2, 0) is 29.1 Å². The zero-order valence-electron chi connectivity index (χ0n) is 17.6. The van der Waals surface area contributed by atoms with E-state index in [4.69, 9.17) is 16.3 Å². The van der Waals surface area contributed by atoms with Crippen LogP contribution in [0.1, 0.15) is 12.5 Å². The molecule has 0 saturated carbocycles. The standard InChI is InChI=1S/C21H22ClN3O6S/c1-14(26)23-19(11-15-7-5-4-6-8-15)21(28)31-13-20(27)24-18-12-16(9-10-17(18)22)32(29,30)25(2)3/h4-12H,13H2,1-3H3,(H,23,26)(H,24,27)/b19-11+. The summed E-state index contributed by atoms with van der Waals surface area (Å²) < 4.78 is 30.5. The second-order valence-electron chi connectivity index (χ2n) is 6.70. The number of hydrogen-bond acceptors (Lipinski definition) is 6. The number of carbonyl (C=O) groups excluding carboxylic acids is 3. The van der Waals surface area contributed by atoms with Crippen molar-refractivity contribution in [1.29, 1.82) is 0 Å². The first-order chi connectivity index (χ1) is 15.0. The summed E-state index contributed by atoms with van der Waals surface area (Å²) in [4.78, 5) is 36.0. The van der Waals surface area contributed by atoms with E-state index in [2.05, 4.69) is 10.6 Å². The summed E-state index contributed by atoms with van der Waals surface area (Å²) >= 11 is 6.04. The van der Waals surface area contributed by atoms with E-state index >= 15 is 0 Å². The summed E-state index contributed by atoms with van der Waals surface area (Å²) in [5, 5.41) is 4.88. The summed E-state index contributed by atoms with van der Waals surface area (Å²) in [5.74, 6) is -2.16. The van der Waals surface area contributed by atoms with Crippen LogP contribution in [0.25, 0.3) is 6.08 Å². The van der Waals surface area contributed by atoms with Gasteiger partial charge >= 0.3 is 5.97 Å². The molecule has 2 aromatic carbocycles. The van der Waals surface area contributed by atoms with Crippen molar-refractivity contribution >= 4 is 51.2 Å².